The predicted molar refractivity (Wildman–Crippen MR) is 96.2 cm³/mol. The first kappa shape index (κ1) is 21.8. The van der Waals surface area contributed by atoms with Crippen LogP contribution in [0.2, 0.25) is 5.02 Å². The van der Waals surface area contributed by atoms with Crippen LogP contribution in [0.3, 0.4) is 0 Å². The molecule has 0 atom stereocenters. The molecule has 0 unspecified atom stereocenters. The highest BCUT2D eigenvalue weighted by molar-refractivity contribution is 7.89. The summed E-state index contributed by atoms with van der Waals surface area (Å²) in [6.45, 7) is 1.51. The van der Waals surface area contributed by atoms with Gasteiger partial charge in [-0.15, -0.1) is 12.4 Å². The zero-order valence-electron chi connectivity index (χ0n) is 13.9. The maximum atomic E-state index is 12.9. The average Bonchev–Trinajstić information content (AvgIpc) is 3.37. The van der Waals surface area contributed by atoms with Gasteiger partial charge in [-0.05, 0) is 56.3 Å². The highest BCUT2D eigenvalue weighted by atomic mass is 35.5. The van der Waals surface area contributed by atoms with Crippen LogP contribution in [0.4, 0.5) is 13.2 Å². The summed E-state index contributed by atoms with van der Waals surface area (Å²) in [6.07, 6.45) is -0.845. The van der Waals surface area contributed by atoms with E-state index in [1.165, 1.54) is 17.1 Å². The molecule has 26 heavy (non-hydrogen) atoms. The molecular formula is C16H21Cl2F3N2O2S. The van der Waals surface area contributed by atoms with Gasteiger partial charge in [-0.25, -0.2) is 8.42 Å². The fourth-order valence-corrected chi connectivity index (χ4v) is 4.94. The van der Waals surface area contributed by atoms with Crippen molar-refractivity contribution in [3.05, 3.63) is 28.8 Å². The molecule has 1 N–H and O–H groups in total. The summed E-state index contributed by atoms with van der Waals surface area (Å²) in [7, 11) is -4.04. The molecule has 1 aliphatic carbocycles. The van der Waals surface area contributed by atoms with Crippen LogP contribution in [0.15, 0.2) is 23.1 Å². The quantitative estimate of drug-likeness (QED) is 0.766. The van der Waals surface area contributed by atoms with E-state index in [1.54, 1.807) is 0 Å². The molecule has 1 aromatic rings. The third-order valence-corrected chi connectivity index (χ3v) is 7.10. The Balaban J connectivity index is 0.00000243. The number of rotatable bonds is 5. The van der Waals surface area contributed by atoms with E-state index in [1.807, 2.05) is 0 Å². The number of hydrogen-bond donors (Lipinski definition) is 1. The lowest BCUT2D eigenvalue weighted by Crippen LogP contribution is -2.45. The molecule has 10 heteroatoms. The Labute approximate surface area is 162 Å². The zero-order chi connectivity index (χ0) is 18.2. The Kier molecular flexibility index (Phi) is 6.88. The van der Waals surface area contributed by atoms with Gasteiger partial charge < -0.3 is 5.32 Å². The topological polar surface area (TPSA) is 49.4 Å². The van der Waals surface area contributed by atoms with Gasteiger partial charge in [0.2, 0.25) is 10.0 Å². The van der Waals surface area contributed by atoms with Crippen molar-refractivity contribution in [3.8, 4) is 0 Å². The molecule has 1 saturated carbocycles. The van der Waals surface area contributed by atoms with Crippen molar-refractivity contribution in [3.63, 3.8) is 0 Å². The van der Waals surface area contributed by atoms with Crippen LogP contribution >= 0.6 is 24.0 Å². The van der Waals surface area contributed by atoms with Crippen LogP contribution in [-0.2, 0) is 16.2 Å². The maximum absolute atomic E-state index is 12.9. The highest BCUT2D eigenvalue weighted by Gasteiger charge is 2.35. The molecule has 2 aliphatic rings. The van der Waals surface area contributed by atoms with Crippen LogP contribution in [-0.4, -0.2) is 38.4 Å². The van der Waals surface area contributed by atoms with Gasteiger partial charge in [-0.3, -0.25) is 0 Å². The maximum Gasteiger partial charge on any atom is 0.416 e. The van der Waals surface area contributed by atoms with E-state index in [-0.39, 0.29) is 36.6 Å². The zero-order valence-corrected chi connectivity index (χ0v) is 16.3. The van der Waals surface area contributed by atoms with Crippen LogP contribution < -0.4 is 5.32 Å². The molecule has 0 radical (unpaired) electrons. The van der Waals surface area contributed by atoms with Crippen molar-refractivity contribution in [2.75, 3.05) is 19.6 Å². The van der Waals surface area contributed by atoms with Gasteiger partial charge in [-0.2, -0.15) is 17.5 Å². The average molecular weight is 433 g/mol. The molecule has 0 spiro atoms. The molecule has 0 aromatic heterocycles. The summed E-state index contributed by atoms with van der Waals surface area (Å²) in [5.41, 5.74) is -1.02. The predicted octanol–water partition coefficient (Wildman–Crippen LogP) is 3.93. The van der Waals surface area contributed by atoms with Crippen molar-refractivity contribution in [2.45, 2.75) is 42.8 Å². The first-order valence-electron chi connectivity index (χ1n) is 8.28. The Morgan fingerprint density at radius 2 is 1.77 bits per heavy atom. The summed E-state index contributed by atoms with van der Waals surface area (Å²) < 4.78 is 65.3. The van der Waals surface area contributed by atoms with Crippen molar-refractivity contribution < 1.29 is 21.6 Å². The summed E-state index contributed by atoms with van der Waals surface area (Å²) in [5.74, 6) is 0.741. The standard InChI is InChI=1S/C16H20ClF3N2O2S.ClH/c17-14-4-3-12(16(18,19)20)9-15(14)25(23,24)22-7-5-13(6-8-22)21-10-11-1-2-11;/h3-4,9,11,13,21H,1-2,5-8,10H2;1H. The minimum absolute atomic E-state index is 0. The second-order valence-electron chi connectivity index (χ2n) is 6.67. The van der Waals surface area contributed by atoms with Gasteiger partial charge in [0.25, 0.3) is 0 Å². The van der Waals surface area contributed by atoms with E-state index >= 15 is 0 Å². The normalized spacial score (nSPS) is 20.0. The summed E-state index contributed by atoms with van der Waals surface area (Å²) in [5, 5.41) is 3.25. The summed E-state index contributed by atoms with van der Waals surface area (Å²) in [4.78, 5) is -0.478. The lowest BCUT2D eigenvalue weighted by atomic mass is 10.1. The molecule has 4 nitrogen and oxygen atoms in total. The molecule has 1 aliphatic heterocycles. The minimum atomic E-state index is -4.62. The Bertz CT molecular complexity index is 732. The molecule has 148 valence electrons. The van der Waals surface area contributed by atoms with Crippen LogP contribution in [0.25, 0.3) is 0 Å². The Morgan fingerprint density at radius 3 is 2.31 bits per heavy atom. The molecule has 1 heterocycles. The molecule has 0 amide bonds. The van der Waals surface area contributed by atoms with Gasteiger partial charge >= 0.3 is 6.18 Å². The van der Waals surface area contributed by atoms with Gasteiger partial charge in [0, 0.05) is 19.1 Å². The number of benzene rings is 1. The van der Waals surface area contributed by atoms with Crippen molar-refractivity contribution in [2.24, 2.45) is 5.92 Å². The third-order valence-electron chi connectivity index (χ3n) is 4.72. The van der Waals surface area contributed by atoms with E-state index in [0.29, 0.717) is 18.9 Å². The van der Waals surface area contributed by atoms with Gasteiger partial charge in [0.15, 0.2) is 0 Å². The van der Waals surface area contributed by atoms with E-state index in [2.05, 4.69) is 5.32 Å². The first-order chi connectivity index (χ1) is 11.7. The summed E-state index contributed by atoms with van der Waals surface area (Å²) in [6, 6.07) is 2.65. The SMILES string of the molecule is Cl.O=S(=O)(c1cc(C(F)(F)F)ccc1Cl)N1CCC(NCC2CC2)CC1. The smallest absolute Gasteiger partial charge is 0.314 e. The lowest BCUT2D eigenvalue weighted by molar-refractivity contribution is -0.137. The minimum Gasteiger partial charge on any atom is -0.314 e. The first-order valence-corrected chi connectivity index (χ1v) is 10.1. The van der Waals surface area contributed by atoms with Gasteiger partial charge in [0.05, 0.1) is 10.6 Å². The number of nitrogens with zero attached hydrogens (tertiary/aromatic N) is 1. The fraction of sp³-hybridized carbons (Fsp3) is 0.625. The van der Waals surface area contributed by atoms with E-state index in [4.69, 9.17) is 11.6 Å². The monoisotopic (exact) mass is 432 g/mol. The number of nitrogens with one attached hydrogen (secondary N) is 1. The van der Waals surface area contributed by atoms with Crippen molar-refractivity contribution in [1.82, 2.24) is 9.62 Å². The van der Waals surface area contributed by atoms with Crippen LogP contribution in [0, 0.1) is 5.92 Å². The molecule has 1 aromatic carbocycles. The number of piperidine rings is 1. The fourth-order valence-electron chi connectivity index (χ4n) is 2.97. The second kappa shape index (κ2) is 8.22. The molecule has 3 rings (SSSR count). The second-order valence-corrected chi connectivity index (χ2v) is 8.99. The number of alkyl halides is 3. The van der Waals surface area contributed by atoms with Crippen molar-refractivity contribution in [1.29, 1.82) is 0 Å². The molecule has 2 fully saturated rings. The number of halogens is 5. The summed E-state index contributed by atoms with van der Waals surface area (Å²) >= 11 is 5.88. The number of sulfonamides is 1. The Hall–Kier alpha value is -0.540. The van der Waals surface area contributed by atoms with E-state index in [9.17, 15) is 21.6 Å². The largest absolute Gasteiger partial charge is 0.416 e. The van der Waals surface area contributed by atoms with E-state index < -0.39 is 26.7 Å². The van der Waals surface area contributed by atoms with Gasteiger partial charge in [-0.1, -0.05) is 11.6 Å². The van der Waals surface area contributed by atoms with Crippen LogP contribution in [0.5, 0.6) is 0 Å². The third kappa shape index (κ3) is 5.04. The van der Waals surface area contributed by atoms with E-state index in [0.717, 1.165) is 24.6 Å². The molecular weight excluding hydrogens is 412 g/mol. The van der Waals surface area contributed by atoms with Gasteiger partial charge in [0.1, 0.15) is 4.90 Å². The lowest BCUT2D eigenvalue weighted by Gasteiger charge is -2.32. The van der Waals surface area contributed by atoms with Crippen LogP contribution in [0.1, 0.15) is 31.2 Å². The molecule has 1 saturated heterocycles. The number of hydrogen-bond acceptors (Lipinski definition) is 3. The van der Waals surface area contributed by atoms with Crippen molar-refractivity contribution >= 4 is 34.0 Å². The highest BCUT2D eigenvalue weighted by Crippen LogP contribution is 2.35. The Morgan fingerprint density at radius 1 is 1.15 bits per heavy atom. The molecule has 0 bridgehead atoms.